The molecule has 0 saturated carbocycles. The van der Waals surface area contributed by atoms with Gasteiger partial charge in [-0.25, -0.2) is 9.79 Å². The van der Waals surface area contributed by atoms with Crippen LogP contribution in [-0.4, -0.2) is 47.8 Å². The standard InChI is InChI=1S/C21H19ClN2O5S/c1-4-29-17-9-13(15(22)11-16(17)28-3)10-18-19(25)24(2)21(30-18)23-14-7-5-12(6-8-14)20(26)27/h5-11H,4H2,1-3H3,(H,26,27)/b18-10-,23-21?. The Morgan fingerprint density at radius 1 is 1.27 bits per heavy atom. The van der Waals surface area contributed by atoms with Crippen LogP contribution in [0.3, 0.4) is 0 Å². The molecule has 0 spiro atoms. The van der Waals surface area contributed by atoms with Crippen LogP contribution in [-0.2, 0) is 4.79 Å². The highest BCUT2D eigenvalue weighted by molar-refractivity contribution is 8.18. The van der Waals surface area contributed by atoms with Crippen LogP contribution in [0.25, 0.3) is 6.08 Å². The normalized spacial score (nSPS) is 16.4. The minimum atomic E-state index is -1.01. The maximum atomic E-state index is 12.7. The molecule has 0 aliphatic carbocycles. The van der Waals surface area contributed by atoms with Crippen molar-refractivity contribution in [3.8, 4) is 11.5 Å². The number of amides is 1. The van der Waals surface area contributed by atoms with E-state index in [1.165, 1.54) is 35.9 Å². The minimum Gasteiger partial charge on any atom is -0.493 e. The summed E-state index contributed by atoms with van der Waals surface area (Å²) in [5.41, 5.74) is 1.34. The highest BCUT2D eigenvalue weighted by Crippen LogP contribution is 2.38. The second kappa shape index (κ2) is 9.23. The molecule has 0 bridgehead atoms. The van der Waals surface area contributed by atoms with E-state index in [0.29, 0.717) is 44.5 Å². The van der Waals surface area contributed by atoms with Crippen molar-refractivity contribution in [1.82, 2.24) is 4.90 Å². The Morgan fingerprint density at radius 3 is 2.57 bits per heavy atom. The quantitative estimate of drug-likeness (QED) is 0.648. The van der Waals surface area contributed by atoms with Crippen molar-refractivity contribution >= 4 is 52.2 Å². The molecule has 30 heavy (non-hydrogen) atoms. The average Bonchev–Trinajstić information content (AvgIpc) is 2.98. The van der Waals surface area contributed by atoms with E-state index in [1.54, 1.807) is 37.4 Å². The minimum absolute atomic E-state index is 0.169. The fourth-order valence-electron chi connectivity index (χ4n) is 2.67. The summed E-state index contributed by atoms with van der Waals surface area (Å²) in [5, 5.41) is 9.89. The lowest BCUT2D eigenvalue weighted by molar-refractivity contribution is -0.121. The predicted molar refractivity (Wildman–Crippen MR) is 118 cm³/mol. The lowest BCUT2D eigenvalue weighted by Gasteiger charge is -2.11. The van der Waals surface area contributed by atoms with E-state index in [2.05, 4.69) is 4.99 Å². The fraction of sp³-hybridized carbons (Fsp3) is 0.190. The summed E-state index contributed by atoms with van der Waals surface area (Å²) in [6.07, 6.45) is 1.68. The van der Waals surface area contributed by atoms with Crippen LogP contribution in [0.1, 0.15) is 22.8 Å². The number of ether oxygens (including phenoxy) is 2. The van der Waals surface area contributed by atoms with Gasteiger partial charge in [-0.05, 0) is 60.7 Å². The molecule has 0 unspecified atom stereocenters. The zero-order valence-electron chi connectivity index (χ0n) is 16.5. The maximum absolute atomic E-state index is 12.7. The van der Waals surface area contributed by atoms with E-state index in [-0.39, 0.29) is 11.5 Å². The Morgan fingerprint density at radius 2 is 1.97 bits per heavy atom. The molecular formula is C21H19ClN2O5S. The van der Waals surface area contributed by atoms with E-state index in [4.69, 9.17) is 26.2 Å². The van der Waals surface area contributed by atoms with Crippen molar-refractivity contribution in [1.29, 1.82) is 0 Å². The van der Waals surface area contributed by atoms with Crippen LogP contribution < -0.4 is 9.47 Å². The van der Waals surface area contributed by atoms with Crippen LogP contribution in [0.2, 0.25) is 5.02 Å². The lowest BCUT2D eigenvalue weighted by Crippen LogP contribution is -2.23. The van der Waals surface area contributed by atoms with Gasteiger partial charge in [-0.3, -0.25) is 9.69 Å². The first-order valence-corrected chi connectivity index (χ1v) is 10.1. The molecule has 3 rings (SSSR count). The Bertz CT molecular complexity index is 1050. The number of carbonyl (C=O) groups excluding carboxylic acids is 1. The summed E-state index contributed by atoms with van der Waals surface area (Å²) in [7, 11) is 3.16. The number of rotatable bonds is 6. The number of halogens is 1. The summed E-state index contributed by atoms with van der Waals surface area (Å²) in [6.45, 7) is 2.32. The molecule has 0 aromatic heterocycles. The number of carboxylic acids is 1. The number of hydrogen-bond acceptors (Lipinski definition) is 6. The van der Waals surface area contributed by atoms with Gasteiger partial charge in [0.2, 0.25) is 0 Å². The molecule has 1 aliphatic rings. The first-order valence-electron chi connectivity index (χ1n) is 8.94. The van der Waals surface area contributed by atoms with Gasteiger partial charge >= 0.3 is 5.97 Å². The van der Waals surface area contributed by atoms with Gasteiger partial charge in [-0.2, -0.15) is 0 Å². The lowest BCUT2D eigenvalue weighted by atomic mass is 10.1. The Hall–Kier alpha value is -2.97. The molecule has 0 atom stereocenters. The molecule has 7 nitrogen and oxygen atoms in total. The Balaban J connectivity index is 1.91. The Kier molecular flexibility index (Phi) is 6.69. The van der Waals surface area contributed by atoms with Crippen LogP contribution in [0.5, 0.6) is 11.5 Å². The van der Waals surface area contributed by atoms with Crippen molar-refractivity contribution < 1.29 is 24.2 Å². The number of likely N-dealkylation sites (N-methyl/N-ethyl adjacent to an activating group) is 1. The van der Waals surface area contributed by atoms with Crippen LogP contribution in [0.15, 0.2) is 46.3 Å². The highest BCUT2D eigenvalue weighted by atomic mass is 35.5. The van der Waals surface area contributed by atoms with Crippen molar-refractivity contribution in [2.24, 2.45) is 4.99 Å². The number of nitrogens with zero attached hydrogens (tertiary/aromatic N) is 2. The molecule has 1 fully saturated rings. The number of benzene rings is 2. The molecule has 1 saturated heterocycles. The number of carbonyl (C=O) groups is 2. The van der Waals surface area contributed by atoms with Gasteiger partial charge in [0.25, 0.3) is 5.91 Å². The maximum Gasteiger partial charge on any atom is 0.335 e. The number of carboxylic acid groups (broad SMARTS) is 1. The molecule has 1 N–H and O–H groups in total. The van der Waals surface area contributed by atoms with E-state index in [0.717, 1.165) is 0 Å². The summed E-state index contributed by atoms with van der Waals surface area (Å²) in [6, 6.07) is 9.48. The fourth-order valence-corrected chi connectivity index (χ4v) is 3.86. The zero-order valence-corrected chi connectivity index (χ0v) is 18.1. The number of aliphatic imine (C=N–C) groups is 1. The number of methoxy groups -OCH3 is 1. The zero-order chi connectivity index (χ0) is 21.8. The molecule has 1 amide bonds. The number of aromatic carboxylic acids is 1. The van der Waals surface area contributed by atoms with Crippen molar-refractivity contribution in [2.75, 3.05) is 20.8 Å². The van der Waals surface area contributed by atoms with Gasteiger partial charge in [0.05, 0.1) is 34.9 Å². The number of thioether (sulfide) groups is 1. The van der Waals surface area contributed by atoms with Crippen molar-refractivity contribution in [3.63, 3.8) is 0 Å². The number of hydrogen-bond donors (Lipinski definition) is 1. The topological polar surface area (TPSA) is 88.4 Å². The van der Waals surface area contributed by atoms with Gasteiger partial charge in [0, 0.05) is 13.1 Å². The summed E-state index contributed by atoms with van der Waals surface area (Å²) in [4.78, 5) is 30.0. The molecule has 9 heteroatoms. The third kappa shape index (κ3) is 4.60. The molecular weight excluding hydrogens is 428 g/mol. The third-order valence-electron chi connectivity index (χ3n) is 4.21. The summed E-state index contributed by atoms with van der Waals surface area (Å²) in [5.74, 6) is -0.179. The van der Waals surface area contributed by atoms with Gasteiger partial charge in [0.15, 0.2) is 16.7 Å². The van der Waals surface area contributed by atoms with E-state index >= 15 is 0 Å². The van der Waals surface area contributed by atoms with Crippen LogP contribution in [0, 0.1) is 0 Å². The van der Waals surface area contributed by atoms with Crippen molar-refractivity contribution in [2.45, 2.75) is 6.92 Å². The molecule has 2 aromatic rings. The molecule has 0 radical (unpaired) electrons. The third-order valence-corrected chi connectivity index (χ3v) is 5.60. The molecule has 156 valence electrons. The second-order valence-corrected chi connectivity index (χ2v) is 7.60. The smallest absolute Gasteiger partial charge is 0.335 e. The van der Waals surface area contributed by atoms with Gasteiger partial charge < -0.3 is 14.6 Å². The van der Waals surface area contributed by atoms with Gasteiger partial charge in [0.1, 0.15) is 0 Å². The first kappa shape index (κ1) is 21.7. The van der Waals surface area contributed by atoms with E-state index in [9.17, 15) is 9.59 Å². The largest absolute Gasteiger partial charge is 0.493 e. The van der Waals surface area contributed by atoms with Gasteiger partial charge in [-0.1, -0.05) is 11.6 Å². The van der Waals surface area contributed by atoms with Crippen LogP contribution >= 0.6 is 23.4 Å². The highest BCUT2D eigenvalue weighted by Gasteiger charge is 2.30. The molecule has 1 aliphatic heterocycles. The van der Waals surface area contributed by atoms with E-state index < -0.39 is 5.97 Å². The number of amidine groups is 1. The summed E-state index contributed by atoms with van der Waals surface area (Å²) >= 11 is 7.56. The Labute approximate surface area is 183 Å². The monoisotopic (exact) mass is 446 g/mol. The molecule has 2 aromatic carbocycles. The van der Waals surface area contributed by atoms with Crippen molar-refractivity contribution in [3.05, 3.63) is 57.5 Å². The average molecular weight is 447 g/mol. The summed E-state index contributed by atoms with van der Waals surface area (Å²) < 4.78 is 10.9. The SMILES string of the molecule is CCOc1cc(/C=C2\SC(=Nc3ccc(C(=O)O)cc3)N(C)C2=O)c(Cl)cc1OC. The second-order valence-electron chi connectivity index (χ2n) is 6.18. The molecule has 1 heterocycles. The first-order chi connectivity index (χ1) is 14.3. The van der Waals surface area contributed by atoms with E-state index in [1.807, 2.05) is 6.92 Å². The van der Waals surface area contributed by atoms with Gasteiger partial charge in [-0.15, -0.1) is 0 Å². The van der Waals surface area contributed by atoms with Crippen LogP contribution in [0.4, 0.5) is 5.69 Å². The predicted octanol–water partition coefficient (Wildman–Crippen LogP) is 4.68.